The van der Waals surface area contributed by atoms with Gasteiger partial charge in [0.2, 0.25) is 5.91 Å². The van der Waals surface area contributed by atoms with Crippen molar-refractivity contribution in [3.63, 3.8) is 0 Å². The van der Waals surface area contributed by atoms with Gasteiger partial charge < -0.3 is 19.7 Å². The van der Waals surface area contributed by atoms with E-state index in [1.165, 1.54) is 4.90 Å². The lowest BCUT2D eigenvalue weighted by molar-refractivity contribution is -0.138. The Balaban J connectivity index is 1.46. The third kappa shape index (κ3) is 7.69. The van der Waals surface area contributed by atoms with E-state index in [2.05, 4.69) is 10.3 Å². The van der Waals surface area contributed by atoms with E-state index < -0.39 is 18.5 Å². The molecule has 0 aliphatic rings. The van der Waals surface area contributed by atoms with Crippen LogP contribution in [0.2, 0.25) is 0 Å². The first kappa shape index (κ1) is 24.4. The second kappa shape index (κ2) is 12.1. The first-order chi connectivity index (χ1) is 15.9. The van der Waals surface area contributed by atoms with E-state index in [0.717, 1.165) is 15.6 Å². The van der Waals surface area contributed by atoms with Gasteiger partial charge in [-0.3, -0.25) is 9.59 Å². The fourth-order valence-electron chi connectivity index (χ4n) is 2.85. The van der Waals surface area contributed by atoms with Gasteiger partial charge in [-0.2, -0.15) is 0 Å². The van der Waals surface area contributed by atoms with Crippen molar-refractivity contribution in [3.05, 3.63) is 68.3 Å². The number of carbonyl (C=O) groups is 3. The number of thiophene rings is 1. The van der Waals surface area contributed by atoms with E-state index in [4.69, 9.17) is 9.47 Å². The van der Waals surface area contributed by atoms with E-state index in [9.17, 15) is 14.4 Å². The summed E-state index contributed by atoms with van der Waals surface area (Å²) < 4.78 is 10.9. The third-order valence-electron chi connectivity index (χ3n) is 4.56. The molecular formula is C23H25N3O5S2. The normalized spacial score (nSPS) is 10.5. The fraction of sp³-hybridized carbons (Fsp3) is 0.304. The van der Waals surface area contributed by atoms with Crippen molar-refractivity contribution >= 4 is 40.5 Å². The highest BCUT2D eigenvalue weighted by Crippen LogP contribution is 2.17. The average Bonchev–Trinajstić information content (AvgIpc) is 3.49. The van der Waals surface area contributed by atoms with Gasteiger partial charge in [-0.25, -0.2) is 9.78 Å². The first-order valence-electron chi connectivity index (χ1n) is 10.3. The Bertz CT molecular complexity index is 1080. The van der Waals surface area contributed by atoms with Crippen LogP contribution in [0.15, 0.2) is 47.2 Å². The summed E-state index contributed by atoms with van der Waals surface area (Å²) in [5.74, 6) is -0.857. The maximum Gasteiger partial charge on any atom is 0.338 e. The minimum absolute atomic E-state index is 0.0995. The summed E-state index contributed by atoms with van der Waals surface area (Å²) in [4.78, 5) is 43.7. The Kier molecular flexibility index (Phi) is 8.96. The summed E-state index contributed by atoms with van der Waals surface area (Å²) in [5, 5.41) is 7.58. The Hall–Kier alpha value is -3.24. The molecule has 0 saturated heterocycles. The number of ether oxygens (including phenoxy) is 2. The number of hydrogen-bond donors (Lipinski definition) is 1. The maximum absolute atomic E-state index is 12.4. The molecule has 8 nitrogen and oxygen atoms in total. The zero-order chi connectivity index (χ0) is 23.6. The molecule has 33 heavy (non-hydrogen) atoms. The quantitative estimate of drug-likeness (QED) is 0.416. The Morgan fingerprint density at radius 1 is 1.15 bits per heavy atom. The largest absolute Gasteiger partial charge is 0.487 e. The molecule has 0 saturated carbocycles. The zero-order valence-corrected chi connectivity index (χ0v) is 20.0. The lowest BCUT2D eigenvalue weighted by Crippen LogP contribution is -2.42. The Morgan fingerprint density at radius 2 is 2.00 bits per heavy atom. The van der Waals surface area contributed by atoms with Gasteiger partial charge in [0.1, 0.15) is 12.4 Å². The van der Waals surface area contributed by atoms with Crippen molar-refractivity contribution in [2.24, 2.45) is 0 Å². The minimum atomic E-state index is -0.642. The predicted octanol–water partition coefficient (Wildman–Crippen LogP) is 3.41. The van der Waals surface area contributed by atoms with Crippen LogP contribution in [0.4, 0.5) is 0 Å². The average molecular weight is 488 g/mol. The topological polar surface area (TPSA) is 97.8 Å². The number of nitrogens with zero attached hydrogens (tertiary/aromatic N) is 2. The van der Waals surface area contributed by atoms with E-state index in [0.29, 0.717) is 25.4 Å². The molecule has 3 rings (SSSR count). The third-order valence-corrected chi connectivity index (χ3v) is 6.26. The summed E-state index contributed by atoms with van der Waals surface area (Å²) in [6.45, 7) is 4.16. The smallest absolute Gasteiger partial charge is 0.338 e. The van der Waals surface area contributed by atoms with Crippen molar-refractivity contribution in [1.29, 1.82) is 0 Å². The number of esters is 1. The van der Waals surface area contributed by atoms with Gasteiger partial charge in [0.05, 0.1) is 29.4 Å². The summed E-state index contributed by atoms with van der Waals surface area (Å²) in [5.41, 5.74) is 1.08. The van der Waals surface area contributed by atoms with Gasteiger partial charge in [0.15, 0.2) is 6.61 Å². The molecule has 0 spiro atoms. The van der Waals surface area contributed by atoms with Crippen LogP contribution in [-0.4, -0.2) is 47.4 Å². The number of likely N-dealkylation sites (N-methyl/N-ethyl adjacent to an activating group) is 1. The molecule has 0 radical (unpaired) electrons. The molecule has 0 bridgehead atoms. The van der Waals surface area contributed by atoms with Gasteiger partial charge in [0.25, 0.3) is 5.91 Å². The molecule has 1 aromatic carbocycles. The van der Waals surface area contributed by atoms with E-state index >= 15 is 0 Å². The van der Waals surface area contributed by atoms with Crippen molar-refractivity contribution in [2.45, 2.75) is 27.0 Å². The van der Waals surface area contributed by atoms with Gasteiger partial charge >= 0.3 is 5.97 Å². The van der Waals surface area contributed by atoms with Gasteiger partial charge in [-0.05, 0) is 43.5 Å². The molecule has 0 atom stereocenters. The number of amides is 2. The molecule has 0 unspecified atom stereocenters. The number of rotatable bonds is 11. The fourth-order valence-corrected chi connectivity index (χ4v) is 4.09. The molecule has 1 N–H and O–H groups in total. The second-order valence-corrected chi connectivity index (χ2v) is 9.11. The first-order valence-corrected chi connectivity index (χ1v) is 12.1. The Labute approximate surface area is 200 Å². The van der Waals surface area contributed by atoms with Crippen LogP contribution in [0.25, 0.3) is 0 Å². The van der Waals surface area contributed by atoms with Crippen LogP contribution in [0.3, 0.4) is 0 Å². The van der Waals surface area contributed by atoms with E-state index in [1.807, 2.05) is 29.8 Å². The molecule has 2 aromatic heterocycles. The standard InChI is InChI=1S/C23H25N3O5S2/c1-3-26(12-21(27)24-11-20-8-5-9-32-20)22(28)14-31-23(29)17-6-4-7-19(10-17)30-13-18-15-33-16(2)25-18/h4-10,15H,3,11-14H2,1-2H3,(H,24,27). The van der Waals surface area contributed by atoms with Gasteiger partial charge in [0, 0.05) is 16.8 Å². The van der Waals surface area contributed by atoms with Crippen LogP contribution < -0.4 is 10.1 Å². The molecule has 2 heterocycles. The molecule has 2 amide bonds. The van der Waals surface area contributed by atoms with Crippen LogP contribution >= 0.6 is 22.7 Å². The number of thiazole rings is 1. The number of carbonyl (C=O) groups excluding carboxylic acids is 3. The molecule has 10 heteroatoms. The highest BCUT2D eigenvalue weighted by molar-refractivity contribution is 7.10. The number of hydrogen-bond acceptors (Lipinski definition) is 8. The summed E-state index contributed by atoms with van der Waals surface area (Å²) in [6.07, 6.45) is 0. The monoisotopic (exact) mass is 487 g/mol. The van der Waals surface area contributed by atoms with Crippen molar-refractivity contribution < 1.29 is 23.9 Å². The predicted molar refractivity (Wildman–Crippen MR) is 126 cm³/mol. The van der Waals surface area contributed by atoms with Crippen molar-refractivity contribution in [1.82, 2.24) is 15.2 Å². The number of nitrogens with one attached hydrogen (secondary N) is 1. The van der Waals surface area contributed by atoms with Crippen LogP contribution in [-0.2, 0) is 27.5 Å². The molecular weight excluding hydrogens is 462 g/mol. The zero-order valence-electron chi connectivity index (χ0n) is 18.4. The molecule has 174 valence electrons. The minimum Gasteiger partial charge on any atom is -0.487 e. The van der Waals surface area contributed by atoms with E-state index in [-0.39, 0.29) is 18.0 Å². The van der Waals surface area contributed by atoms with E-state index in [1.54, 1.807) is 53.9 Å². The van der Waals surface area contributed by atoms with Crippen LogP contribution in [0.5, 0.6) is 5.75 Å². The highest BCUT2D eigenvalue weighted by atomic mass is 32.1. The molecule has 0 fully saturated rings. The van der Waals surface area contributed by atoms with Gasteiger partial charge in [-0.1, -0.05) is 12.1 Å². The SMILES string of the molecule is CCN(CC(=O)NCc1cccs1)C(=O)COC(=O)c1cccc(OCc2csc(C)n2)c1. The molecule has 0 aliphatic heterocycles. The molecule has 3 aromatic rings. The summed E-state index contributed by atoms with van der Waals surface area (Å²) >= 11 is 3.09. The Morgan fingerprint density at radius 3 is 2.70 bits per heavy atom. The van der Waals surface area contributed by atoms with Gasteiger partial charge in [-0.15, -0.1) is 22.7 Å². The van der Waals surface area contributed by atoms with Crippen molar-refractivity contribution in [2.75, 3.05) is 19.7 Å². The number of aryl methyl sites for hydroxylation is 1. The van der Waals surface area contributed by atoms with Crippen LogP contribution in [0, 0.1) is 6.92 Å². The number of benzene rings is 1. The lowest BCUT2D eigenvalue weighted by atomic mass is 10.2. The lowest BCUT2D eigenvalue weighted by Gasteiger charge is -2.20. The molecule has 0 aliphatic carbocycles. The highest BCUT2D eigenvalue weighted by Gasteiger charge is 2.18. The van der Waals surface area contributed by atoms with Crippen LogP contribution in [0.1, 0.15) is 32.9 Å². The van der Waals surface area contributed by atoms with Crippen molar-refractivity contribution in [3.8, 4) is 5.75 Å². The maximum atomic E-state index is 12.4. The number of aromatic nitrogens is 1. The second-order valence-electron chi connectivity index (χ2n) is 7.01. The summed E-state index contributed by atoms with van der Waals surface area (Å²) in [7, 11) is 0. The summed E-state index contributed by atoms with van der Waals surface area (Å²) in [6, 6.07) is 10.4.